The maximum atomic E-state index is 15.2. The molecular formula is C27H19F5. The van der Waals surface area contributed by atoms with Crippen molar-refractivity contribution in [1.82, 2.24) is 0 Å². The molecule has 4 aromatic rings. The van der Waals surface area contributed by atoms with Crippen LogP contribution in [0.5, 0.6) is 0 Å². The van der Waals surface area contributed by atoms with Gasteiger partial charge in [-0.3, -0.25) is 0 Å². The number of aryl methyl sites for hydroxylation is 1. The second-order valence-electron chi connectivity index (χ2n) is 7.58. The van der Waals surface area contributed by atoms with Gasteiger partial charge in [0.15, 0.2) is 0 Å². The normalized spacial score (nSPS) is 11.7. The van der Waals surface area contributed by atoms with Gasteiger partial charge in [-0.1, -0.05) is 60.7 Å². The number of alkyl halides is 3. The second kappa shape index (κ2) is 8.58. The highest BCUT2D eigenvalue weighted by atomic mass is 19.4. The van der Waals surface area contributed by atoms with Crippen LogP contribution < -0.4 is 0 Å². The van der Waals surface area contributed by atoms with Gasteiger partial charge in [-0.2, -0.15) is 13.2 Å². The summed E-state index contributed by atoms with van der Waals surface area (Å²) in [5.74, 6) is -2.03. The fourth-order valence-electron chi connectivity index (χ4n) is 3.74. The highest BCUT2D eigenvalue weighted by Gasteiger charge is 2.34. The highest BCUT2D eigenvalue weighted by molar-refractivity contribution is 5.91. The van der Waals surface area contributed by atoms with Gasteiger partial charge in [0.25, 0.3) is 0 Å². The molecule has 0 N–H and O–H groups in total. The summed E-state index contributed by atoms with van der Waals surface area (Å²) in [6.45, 7) is 3.73. The topological polar surface area (TPSA) is 0 Å². The summed E-state index contributed by atoms with van der Waals surface area (Å²) in [6.07, 6.45) is -1.11. The van der Waals surface area contributed by atoms with E-state index in [1.54, 1.807) is 18.2 Å². The third kappa shape index (κ3) is 4.28. The lowest BCUT2D eigenvalue weighted by atomic mass is 9.96. The van der Waals surface area contributed by atoms with E-state index in [0.717, 1.165) is 36.1 Å². The molecule has 0 bridgehead atoms. The molecule has 0 atom stereocenters. The quantitative estimate of drug-likeness (QED) is 0.216. The Morgan fingerprint density at radius 2 is 1.44 bits per heavy atom. The van der Waals surface area contributed by atoms with Crippen molar-refractivity contribution < 1.29 is 22.0 Å². The van der Waals surface area contributed by atoms with Crippen molar-refractivity contribution in [3.8, 4) is 22.3 Å². The predicted molar refractivity (Wildman–Crippen MR) is 118 cm³/mol. The Morgan fingerprint density at radius 1 is 0.750 bits per heavy atom. The lowest BCUT2D eigenvalue weighted by Gasteiger charge is -2.12. The Bertz CT molecular complexity index is 1280. The molecule has 0 spiro atoms. The Labute approximate surface area is 182 Å². The molecular weight excluding hydrogens is 419 g/mol. The Balaban J connectivity index is 1.68. The summed E-state index contributed by atoms with van der Waals surface area (Å²) < 4.78 is 67.6. The van der Waals surface area contributed by atoms with E-state index in [1.807, 2.05) is 36.4 Å². The van der Waals surface area contributed by atoms with Gasteiger partial charge >= 0.3 is 6.18 Å². The lowest BCUT2D eigenvalue weighted by Crippen LogP contribution is -2.07. The summed E-state index contributed by atoms with van der Waals surface area (Å²) >= 11 is 0. The van der Waals surface area contributed by atoms with Gasteiger partial charge in [-0.15, -0.1) is 6.58 Å². The number of fused-ring (bicyclic) bond motifs is 1. The minimum atomic E-state index is -4.80. The van der Waals surface area contributed by atoms with Crippen molar-refractivity contribution in [3.05, 3.63) is 108 Å². The van der Waals surface area contributed by atoms with Gasteiger partial charge in [0, 0.05) is 10.9 Å². The van der Waals surface area contributed by atoms with Crippen LogP contribution in [0.2, 0.25) is 0 Å². The zero-order valence-corrected chi connectivity index (χ0v) is 17.0. The minimum absolute atomic E-state index is 0.0458. The van der Waals surface area contributed by atoms with Crippen LogP contribution in [0.4, 0.5) is 22.0 Å². The third-order valence-electron chi connectivity index (χ3n) is 5.46. The minimum Gasteiger partial charge on any atom is -0.206 e. The summed E-state index contributed by atoms with van der Waals surface area (Å²) in [4.78, 5) is 0. The molecule has 32 heavy (non-hydrogen) atoms. The molecule has 0 nitrogen and oxygen atoms in total. The second-order valence-corrected chi connectivity index (χ2v) is 7.58. The average molecular weight is 438 g/mol. The number of allylic oxidation sites excluding steroid dienone is 1. The number of benzene rings is 4. The Morgan fingerprint density at radius 3 is 2.09 bits per heavy atom. The first-order chi connectivity index (χ1) is 15.3. The van der Waals surface area contributed by atoms with E-state index in [0.29, 0.717) is 16.8 Å². The van der Waals surface area contributed by atoms with Crippen LogP contribution in [-0.4, -0.2) is 0 Å². The van der Waals surface area contributed by atoms with E-state index in [9.17, 15) is 17.6 Å². The summed E-state index contributed by atoms with van der Waals surface area (Å²) in [5, 5.41) is 0.959. The number of halogens is 5. The molecule has 0 heterocycles. The molecule has 0 unspecified atom stereocenters. The first-order valence-electron chi connectivity index (χ1n) is 10.1. The van der Waals surface area contributed by atoms with Crippen molar-refractivity contribution in [2.45, 2.75) is 19.0 Å². The monoisotopic (exact) mass is 438 g/mol. The Hall–Kier alpha value is -3.47. The van der Waals surface area contributed by atoms with E-state index < -0.39 is 23.4 Å². The van der Waals surface area contributed by atoms with Gasteiger partial charge in [0.1, 0.15) is 11.6 Å². The van der Waals surface area contributed by atoms with Crippen molar-refractivity contribution in [1.29, 1.82) is 0 Å². The van der Waals surface area contributed by atoms with Gasteiger partial charge in [-0.25, -0.2) is 8.78 Å². The molecule has 5 heteroatoms. The van der Waals surface area contributed by atoms with E-state index in [1.165, 1.54) is 11.6 Å². The summed E-state index contributed by atoms with van der Waals surface area (Å²) in [6, 6.07) is 19.0. The van der Waals surface area contributed by atoms with E-state index in [4.69, 9.17) is 0 Å². The van der Waals surface area contributed by atoms with Gasteiger partial charge in [0.05, 0.1) is 5.56 Å². The fraction of sp³-hybridized carbons (Fsp3) is 0.111. The zero-order chi connectivity index (χ0) is 22.9. The first kappa shape index (κ1) is 21.8. The maximum Gasteiger partial charge on any atom is 0.419 e. The summed E-state index contributed by atoms with van der Waals surface area (Å²) in [5.41, 5.74) is 1.83. The molecule has 0 amide bonds. The van der Waals surface area contributed by atoms with E-state index >= 15 is 4.39 Å². The van der Waals surface area contributed by atoms with Crippen LogP contribution in [0.3, 0.4) is 0 Å². The standard InChI is InChI=1S/C27H19F5/c1-2-3-4-17-5-7-18(8-6-17)19-9-12-22-20(15-19)10-13-23(26(22)29)21-11-14-24(25(28)16-21)27(30,31)32/h2,5-16H,1,3-4H2. The molecule has 0 aromatic heterocycles. The van der Waals surface area contributed by atoms with Crippen LogP contribution in [0.1, 0.15) is 17.5 Å². The van der Waals surface area contributed by atoms with Gasteiger partial charge < -0.3 is 0 Å². The third-order valence-corrected chi connectivity index (χ3v) is 5.46. The predicted octanol–water partition coefficient (Wildman–Crippen LogP) is 8.59. The molecule has 162 valence electrons. The van der Waals surface area contributed by atoms with E-state index in [-0.39, 0.29) is 11.1 Å². The van der Waals surface area contributed by atoms with Crippen LogP contribution in [-0.2, 0) is 12.6 Å². The molecule has 0 saturated heterocycles. The largest absolute Gasteiger partial charge is 0.419 e. The summed E-state index contributed by atoms with van der Waals surface area (Å²) in [7, 11) is 0. The van der Waals surface area contributed by atoms with Crippen molar-refractivity contribution in [2.75, 3.05) is 0 Å². The highest BCUT2D eigenvalue weighted by Crippen LogP contribution is 2.36. The lowest BCUT2D eigenvalue weighted by molar-refractivity contribution is -0.139. The van der Waals surface area contributed by atoms with Gasteiger partial charge in [0.2, 0.25) is 0 Å². The zero-order valence-electron chi connectivity index (χ0n) is 17.0. The molecule has 0 fully saturated rings. The molecule has 0 aliphatic carbocycles. The molecule has 0 aliphatic heterocycles. The van der Waals surface area contributed by atoms with Gasteiger partial charge in [-0.05, 0) is 58.7 Å². The molecule has 4 rings (SSSR count). The number of hydrogen-bond donors (Lipinski definition) is 0. The van der Waals surface area contributed by atoms with Crippen LogP contribution in [0, 0.1) is 11.6 Å². The molecule has 4 aromatic carbocycles. The van der Waals surface area contributed by atoms with Crippen LogP contribution >= 0.6 is 0 Å². The Kier molecular flexibility index (Phi) is 5.83. The molecule has 0 saturated carbocycles. The number of hydrogen-bond acceptors (Lipinski definition) is 0. The molecule has 0 radical (unpaired) electrons. The number of rotatable bonds is 5. The van der Waals surface area contributed by atoms with Crippen molar-refractivity contribution in [3.63, 3.8) is 0 Å². The average Bonchev–Trinajstić information content (AvgIpc) is 2.77. The van der Waals surface area contributed by atoms with Crippen LogP contribution in [0.25, 0.3) is 33.0 Å². The fourth-order valence-corrected chi connectivity index (χ4v) is 3.74. The first-order valence-corrected chi connectivity index (χ1v) is 10.1. The van der Waals surface area contributed by atoms with Crippen LogP contribution in [0.15, 0.2) is 85.5 Å². The SMILES string of the molecule is C=CCCc1ccc(-c2ccc3c(F)c(-c4ccc(C(F)(F)F)c(F)c4)ccc3c2)cc1. The van der Waals surface area contributed by atoms with Crippen molar-refractivity contribution in [2.24, 2.45) is 0 Å². The molecule has 0 aliphatic rings. The van der Waals surface area contributed by atoms with E-state index in [2.05, 4.69) is 6.58 Å². The van der Waals surface area contributed by atoms with Crippen molar-refractivity contribution >= 4 is 10.8 Å². The smallest absolute Gasteiger partial charge is 0.206 e. The maximum absolute atomic E-state index is 15.2.